The van der Waals surface area contributed by atoms with Crippen molar-refractivity contribution in [1.82, 2.24) is 4.98 Å². The van der Waals surface area contributed by atoms with Gasteiger partial charge < -0.3 is 11.5 Å². The highest BCUT2D eigenvalue weighted by atomic mass is 14.9. The third-order valence-corrected chi connectivity index (χ3v) is 1.48. The number of allylic oxidation sites excluding steroid dienone is 1. The molecule has 0 aliphatic rings. The van der Waals surface area contributed by atoms with Crippen molar-refractivity contribution in [2.75, 3.05) is 11.5 Å². The monoisotopic (exact) mass is 149 g/mol. The first-order valence-electron chi connectivity index (χ1n) is 3.28. The van der Waals surface area contributed by atoms with E-state index in [2.05, 4.69) is 11.6 Å². The van der Waals surface area contributed by atoms with E-state index in [4.69, 9.17) is 11.5 Å². The van der Waals surface area contributed by atoms with Crippen molar-refractivity contribution in [3.05, 3.63) is 24.4 Å². The fourth-order valence-electron chi connectivity index (χ4n) is 0.862. The van der Waals surface area contributed by atoms with Crippen LogP contribution in [0.4, 0.5) is 11.5 Å². The molecule has 4 N–H and O–H groups in total. The molecule has 1 aromatic heterocycles. The van der Waals surface area contributed by atoms with Crippen molar-refractivity contribution in [3.63, 3.8) is 0 Å². The van der Waals surface area contributed by atoms with E-state index in [1.165, 1.54) is 0 Å². The number of rotatable bonds is 1. The lowest BCUT2D eigenvalue weighted by Crippen LogP contribution is -2.00. The van der Waals surface area contributed by atoms with Crippen molar-refractivity contribution in [1.29, 1.82) is 0 Å². The maximum absolute atomic E-state index is 5.64. The summed E-state index contributed by atoms with van der Waals surface area (Å²) < 4.78 is 0. The quantitative estimate of drug-likeness (QED) is 0.632. The predicted octanol–water partition coefficient (Wildman–Crippen LogP) is 1.28. The fraction of sp³-hybridized carbons (Fsp3) is 0.125. The molecule has 0 unspecified atom stereocenters. The number of hydrogen-bond donors (Lipinski definition) is 2. The number of nitrogen functional groups attached to an aromatic ring is 2. The molecule has 0 spiro atoms. The van der Waals surface area contributed by atoms with Gasteiger partial charge in [-0.15, -0.1) is 0 Å². The molecule has 0 saturated carbocycles. The average Bonchev–Trinajstić information content (AvgIpc) is 1.94. The number of nitrogens with two attached hydrogens (primary N) is 2. The van der Waals surface area contributed by atoms with Gasteiger partial charge >= 0.3 is 0 Å². The van der Waals surface area contributed by atoms with Crippen LogP contribution in [0.25, 0.3) is 5.57 Å². The Labute approximate surface area is 65.7 Å². The zero-order valence-electron chi connectivity index (χ0n) is 6.46. The Morgan fingerprint density at radius 3 is 2.64 bits per heavy atom. The summed E-state index contributed by atoms with van der Waals surface area (Å²) in [4.78, 5) is 3.83. The molecule has 0 fully saturated rings. The van der Waals surface area contributed by atoms with Crippen molar-refractivity contribution < 1.29 is 0 Å². The minimum absolute atomic E-state index is 0.366. The standard InChI is InChI=1S/C8H11N3/c1-5(2)6-3-4-11-8(10)7(6)9/h3-4H,1,9H2,2H3,(H2,10,11). The molecule has 0 aliphatic heterocycles. The van der Waals surface area contributed by atoms with Crippen LogP contribution in [0.2, 0.25) is 0 Å². The van der Waals surface area contributed by atoms with E-state index in [0.29, 0.717) is 11.5 Å². The predicted molar refractivity (Wildman–Crippen MR) is 47.8 cm³/mol. The number of nitrogens with zero attached hydrogens (tertiary/aromatic N) is 1. The zero-order chi connectivity index (χ0) is 8.43. The van der Waals surface area contributed by atoms with Gasteiger partial charge in [0.1, 0.15) is 5.82 Å². The normalized spacial score (nSPS) is 9.55. The molecule has 0 bridgehead atoms. The second-order valence-corrected chi connectivity index (χ2v) is 2.44. The average molecular weight is 149 g/mol. The Bertz CT molecular complexity index is 291. The first kappa shape index (κ1) is 7.60. The summed E-state index contributed by atoms with van der Waals surface area (Å²) in [6.45, 7) is 5.64. The highest BCUT2D eigenvalue weighted by Crippen LogP contribution is 2.22. The summed E-state index contributed by atoms with van der Waals surface area (Å²) in [5, 5.41) is 0. The van der Waals surface area contributed by atoms with Crippen LogP contribution in [0.3, 0.4) is 0 Å². The molecule has 0 radical (unpaired) electrons. The van der Waals surface area contributed by atoms with E-state index in [9.17, 15) is 0 Å². The van der Waals surface area contributed by atoms with Gasteiger partial charge in [-0.2, -0.15) is 0 Å². The van der Waals surface area contributed by atoms with Crippen LogP contribution in [0, 0.1) is 0 Å². The Morgan fingerprint density at radius 1 is 1.55 bits per heavy atom. The van der Waals surface area contributed by atoms with Gasteiger partial charge in [0.05, 0.1) is 5.69 Å². The second kappa shape index (κ2) is 2.62. The molecule has 58 valence electrons. The second-order valence-electron chi connectivity index (χ2n) is 2.44. The lowest BCUT2D eigenvalue weighted by atomic mass is 10.1. The molecule has 0 saturated heterocycles. The summed E-state index contributed by atoms with van der Waals surface area (Å²) >= 11 is 0. The van der Waals surface area contributed by atoms with Crippen molar-refractivity contribution in [3.8, 4) is 0 Å². The Morgan fingerprint density at radius 2 is 2.18 bits per heavy atom. The molecule has 0 aromatic carbocycles. The lowest BCUT2D eigenvalue weighted by molar-refractivity contribution is 1.32. The first-order valence-corrected chi connectivity index (χ1v) is 3.28. The van der Waals surface area contributed by atoms with Gasteiger partial charge in [0.15, 0.2) is 0 Å². The molecular formula is C8H11N3. The molecule has 11 heavy (non-hydrogen) atoms. The molecule has 1 heterocycles. The highest BCUT2D eigenvalue weighted by molar-refractivity contribution is 5.78. The number of hydrogen-bond acceptors (Lipinski definition) is 3. The van der Waals surface area contributed by atoms with Crippen LogP contribution in [0.5, 0.6) is 0 Å². The van der Waals surface area contributed by atoms with Crippen molar-refractivity contribution >= 4 is 17.1 Å². The largest absolute Gasteiger partial charge is 0.395 e. The molecular weight excluding hydrogens is 138 g/mol. The summed E-state index contributed by atoms with van der Waals surface area (Å²) in [5.41, 5.74) is 13.4. The van der Waals surface area contributed by atoms with Crippen LogP contribution in [0.15, 0.2) is 18.8 Å². The van der Waals surface area contributed by atoms with Gasteiger partial charge in [0.2, 0.25) is 0 Å². The van der Waals surface area contributed by atoms with Gasteiger partial charge in [-0.05, 0) is 18.6 Å². The summed E-state index contributed by atoms with van der Waals surface area (Å²) in [6.07, 6.45) is 1.62. The topological polar surface area (TPSA) is 64.9 Å². The van der Waals surface area contributed by atoms with E-state index in [0.717, 1.165) is 11.1 Å². The van der Waals surface area contributed by atoms with E-state index in [-0.39, 0.29) is 0 Å². The van der Waals surface area contributed by atoms with E-state index in [1.807, 2.05) is 6.92 Å². The SMILES string of the molecule is C=C(C)c1ccnc(N)c1N. The van der Waals surface area contributed by atoms with Gasteiger partial charge in [0, 0.05) is 11.8 Å². The maximum Gasteiger partial charge on any atom is 0.147 e. The maximum atomic E-state index is 5.64. The minimum Gasteiger partial charge on any atom is -0.395 e. The van der Waals surface area contributed by atoms with Crippen LogP contribution in [0.1, 0.15) is 12.5 Å². The molecule has 0 amide bonds. The third kappa shape index (κ3) is 1.32. The highest BCUT2D eigenvalue weighted by Gasteiger charge is 2.02. The smallest absolute Gasteiger partial charge is 0.147 e. The Kier molecular flexibility index (Phi) is 1.81. The van der Waals surface area contributed by atoms with Crippen LogP contribution in [-0.4, -0.2) is 4.98 Å². The lowest BCUT2D eigenvalue weighted by Gasteiger charge is -2.05. The summed E-state index contributed by atoms with van der Waals surface area (Å²) in [5.74, 6) is 0.366. The van der Waals surface area contributed by atoms with Crippen LogP contribution >= 0.6 is 0 Å². The number of pyridine rings is 1. The van der Waals surface area contributed by atoms with Crippen LogP contribution < -0.4 is 11.5 Å². The molecule has 3 nitrogen and oxygen atoms in total. The summed E-state index contributed by atoms with van der Waals surface area (Å²) in [7, 11) is 0. The molecule has 3 heteroatoms. The number of anilines is 2. The third-order valence-electron chi connectivity index (χ3n) is 1.48. The zero-order valence-corrected chi connectivity index (χ0v) is 6.46. The van der Waals surface area contributed by atoms with E-state index >= 15 is 0 Å². The molecule has 1 aromatic rings. The molecule has 0 aliphatic carbocycles. The molecule has 1 rings (SSSR count). The van der Waals surface area contributed by atoms with E-state index < -0.39 is 0 Å². The van der Waals surface area contributed by atoms with Gasteiger partial charge in [-0.25, -0.2) is 4.98 Å². The summed E-state index contributed by atoms with van der Waals surface area (Å²) in [6, 6.07) is 1.80. The van der Waals surface area contributed by atoms with Crippen molar-refractivity contribution in [2.24, 2.45) is 0 Å². The Balaban J connectivity index is 3.27. The van der Waals surface area contributed by atoms with Gasteiger partial charge in [0.25, 0.3) is 0 Å². The van der Waals surface area contributed by atoms with E-state index in [1.54, 1.807) is 12.3 Å². The molecule has 0 atom stereocenters. The number of aromatic nitrogens is 1. The van der Waals surface area contributed by atoms with Crippen molar-refractivity contribution in [2.45, 2.75) is 6.92 Å². The van der Waals surface area contributed by atoms with Gasteiger partial charge in [-0.3, -0.25) is 0 Å². The Hall–Kier alpha value is -1.51. The van der Waals surface area contributed by atoms with Gasteiger partial charge in [-0.1, -0.05) is 6.58 Å². The van der Waals surface area contributed by atoms with Crippen LogP contribution in [-0.2, 0) is 0 Å². The minimum atomic E-state index is 0.366. The first-order chi connectivity index (χ1) is 5.13. The fourth-order valence-corrected chi connectivity index (χ4v) is 0.862.